The van der Waals surface area contributed by atoms with Crippen molar-refractivity contribution in [2.75, 3.05) is 5.32 Å². The zero-order valence-corrected chi connectivity index (χ0v) is 12.5. The minimum atomic E-state index is -1.21. The van der Waals surface area contributed by atoms with Crippen molar-refractivity contribution >= 4 is 17.5 Å². The Labute approximate surface area is 133 Å². The van der Waals surface area contributed by atoms with E-state index in [9.17, 15) is 9.90 Å². The Bertz CT molecular complexity index is 848. The minimum absolute atomic E-state index is 0.115. The number of carbonyl (C=O) groups is 1. The number of carbonyl (C=O) groups excluding carboxylic acids is 1. The Balaban J connectivity index is 1.93. The number of anilines is 2. The number of carboxylic acid groups (broad SMARTS) is 1. The van der Waals surface area contributed by atoms with E-state index in [-0.39, 0.29) is 5.56 Å². The molecule has 1 heterocycles. The van der Waals surface area contributed by atoms with E-state index in [2.05, 4.69) is 15.3 Å². The fourth-order valence-corrected chi connectivity index (χ4v) is 2.26. The van der Waals surface area contributed by atoms with Crippen LogP contribution in [0.4, 0.5) is 11.5 Å². The molecular weight excluding hydrogens is 290 g/mol. The monoisotopic (exact) mass is 304 g/mol. The summed E-state index contributed by atoms with van der Waals surface area (Å²) in [7, 11) is 0. The highest BCUT2D eigenvalue weighted by Crippen LogP contribution is 2.22. The molecule has 0 unspecified atom stereocenters. The van der Waals surface area contributed by atoms with Crippen molar-refractivity contribution in [3.63, 3.8) is 0 Å². The highest BCUT2D eigenvalue weighted by atomic mass is 16.4. The van der Waals surface area contributed by atoms with E-state index in [0.29, 0.717) is 17.3 Å². The molecule has 3 aromatic rings. The first kappa shape index (κ1) is 14.7. The number of rotatable bonds is 4. The van der Waals surface area contributed by atoms with Crippen LogP contribution in [0.2, 0.25) is 0 Å². The molecule has 0 aliphatic heterocycles. The Morgan fingerprint density at radius 2 is 1.78 bits per heavy atom. The molecule has 0 saturated heterocycles. The van der Waals surface area contributed by atoms with Crippen LogP contribution in [0.3, 0.4) is 0 Å². The van der Waals surface area contributed by atoms with Gasteiger partial charge in [-0.05, 0) is 24.6 Å². The Hall–Kier alpha value is -3.21. The molecule has 1 N–H and O–H groups in total. The molecule has 2 aromatic carbocycles. The van der Waals surface area contributed by atoms with Gasteiger partial charge in [0.1, 0.15) is 11.6 Å². The molecule has 0 atom stereocenters. The number of carboxylic acids is 1. The van der Waals surface area contributed by atoms with Gasteiger partial charge >= 0.3 is 0 Å². The minimum Gasteiger partial charge on any atom is -0.545 e. The highest BCUT2D eigenvalue weighted by Gasteiger charge is 2.05. The van der Waals surface area contributed by atoms with Crippen LogP contribution in [0.1, 0.15) is 16.2 Å². The number of aromatic carboxylic acids is 1. The van der Waals surface area contributed by atoms with Crippen LogP contribution in [0.25, 0.3) is 11.3 Å². The molecule has 0 amide bonds. The van der Waals surface area contributed by atoms with Gasteiger partial charge in [-0.1, -0.05) is 42.5 Å². The molecule has 0 aliphatic rings. The Kier molecular flexibility index (Phi) is 4.01. The van der Waals surface area contributed by atoms with Gasteiger partial charge in [0.15, 0.2) is 0 Å². The molecule has 23 heavy (non-hydrogen) atoms. The van der Waals surface area contributed by atoms with Crippen molar-refractivity contribution in [2.24, 2.45) is 0 Å². The van der Waals surface area contributed by atoms with Gasteiger partial charge in [0.25, 0.3) is 0 Å². The van der Waals surface area contributed by atoms with Crippen LogP contribution in [0.5, 0.6) is 0 Å². The predicted molar refractivity (Wildman–Crippen MR) is 86.3 cm³/mol. The lowest BCUT2D eigenvalue weighted by atomic mass is 10.1. The zero-order valence-electron chi connectivity index (χ0n) is 12.5. The summed E-state index contributed by atoms with van der Waals surface area (Å²) in [6, 6.07) is 18.0. The summed E-state index contributed by atoms with van der Waals surface area (Å²) in [6.45, 7) is 1.81. The van der Waals surface area contributed by atoms with Crippen molar-refractivity contribution in [1.29, 1.82) is 0 Å². The molecule has 5 heteroatoms. The maximum Gasteiger partial charge on any atom is 0.134 e. The van der Waals surface area contributed by atoms with E-state index in [4.69, 9.17) is 0 Å². The van der Waals surface area contributed by atoms with Crippen LogP contribution in [-0.2, 0) is 0 Å². The summed E-state index contributed by atoms with van der Waals surface area (Å²) in [5.41, 5.74) is 2.54. The molecule has 0 aliphatic carbocycles. The quantitative estimate of drug-likeness (QED) is 0.801. The third-order valence-corrected chi connectivity index (χ3v) is 3.28. The smallest absolute Gasteiger partial charge is 0.134 e. The van der Waals surface area contributed by atoms with Gasteiger partial charge in [-0.3, -0.25) is 0 Å². The van der Waals surface area contributed by atoms with Gasteiger partial charge < -0.3 is 15.2 Å². The summed E-state index contributed by atoms with van der Waals surface area (Å²) < 4.78 is 0. The number of aryl methyl sites for hydroxylation is 1. The maximum absolute atomic E-state index is 10.9. The summed E-state index contributed by atoms with van der Waals surface area (Å²) in [4.78, 5) is 19.7. The number of nitrogens with zero attached hydrogens (tertiary/aromatic N) is 2. The molecule has 114 valence electrons. The average Bonchev–Trinajstić information content (AvgIpc) is 2.55. The van der Waals surface area contributed by atoms with Crippen molar-refractivity contribution in [3.8, 4) is 11.3 Å². The largest absolute Gasteiger partial charge is 0.545 e. The SMILES string of the molecule is Cc1nc(Nc2cccc(C(=O)[O-])c2)cc(-c2ccccc2)n1. The number of benzene rings is 2. The summed E-state index contributed by atoms with van der Waals surface area (Å²) in [5.74, 6) is 0.0225. The van der Waals surface area contributed by atoms with Crippen molar-refractivity contribution < 1.29 is 9.90 Å². The molecule has 0 radical (unpaired) electrons. The van der Waals surface area contributed by atoms with Crippen LogP contribution >= 0.6 is 0 Å². The second-order valence-corrected chi connectivity index (χ2v) is 5.04. The second-order valence-electron chi connectivity index (χ2n) is 5.04. The number of nitrogens with one attached hydrogen (secondary N) is 1. The molecular formula is C18H14N3O2-. The molecule has 5 nitrogen and oxygen atoms in total. The molecule has 0 spiro atoms. The molecule has 3 rings (SSSR count). The van der Waals surface area contributed by atoms with Gasteiger partial charge in [-0.25, -0.2) is 9.97 Å². The van der Waals surface area contributed by atoms with Gasteiger partial charge in [0, 0.05) is 17.3 Å². The van der Waals surface area contributed by atoms with E-state index in [0.717, 1.165) is 11.3 Å². The van der Waals surface area contributed by atoms with Crippen LogP contribution in [0, 0.1) is 6.92 Å². The van der Waals surface area contributed by atoms with Gasteiger partial charge in [-0.2, -0.15) is 0 Å². The first-order valence-electron chi connectivity index (χ1n) is 7.11. The fraction of sp³-hybridized carbons (Fsp3) is 0.0556. The lowest BCUT2D eigenvalue weighted by Gasteiger charge is -2.10. The molecule has 0 fully saturated rings. The van der Waals surface area contributed by atoms with Crippen LogP contribution < -0.4 is 10.4 Å². The number of aromatic nitrogens is 2. The van der Waals surface area contributed by atoms with E-state index < -0.39 is 5.97 Å². The number of hydrogen-bond donors (Lipinski definition) is 1. The third kappa shape index (κ3) is 3.52. The van der Waals surface area contributed by atoms with Crippen LogP contribution in [0.15, 0.2) is 60.7 Å². The molecule has 0 saturated carbocycles. The number of hydrogen-bond acceptors (Lipinski definition) is 5. The normalized spacial score (nSPS) is 10.3. The van der Waals surface area contributed by atoms with E-state index in [1.165, 1.54) is 12.1 Å². The topological polar surface area (TPSA) is 77.9 Å². The predicted octanol–water partition coefficient (Wildman–Crippen LogP) is 2.56. The fourth-order valence-electron chi connectivity index (χ4n) is 2.26. The summed E-state index contributed by atoms with van der Waals surface area (Å²) in [5, 5.41) is 14.0. The van der Waals surface area contributed by atoms with Crippen LogP contribution in [-0.4, -0.2) is 15.9 Å². The first-order chi connectivity index (χ1) is 11.1. The molecule has 0 bridgehead atoms. The van der Waals surface area contributed by atoms with E-state index in [1.54, 1.807) is 12.1 Å². The lowest BCUT2D eigenvalue weighted by molar-refractivity contribution is -0.255. The zero-order chi connectivity index (χ0) is 16.2. The van der Waals surface area contributed by atoms with E-state index in [1.807, 2.05) is 43.3 Å². The average molecular weight is 304 g/mol. The van der Waals surface area contributed by atoms with Gasteiger partial charge in [0.2, 0.25) is 0 Å². The van der Waals surface area contributed by atoms with Crippen molar-refractivity contribution in [1.82, 2.24) is 9.97 Å². The van der Waals surface area contributed by atoms with Crippen molar-refractivity contribution in [3.05, 3.63) is 72.1 Å². The third-order valence-electron chi connectivity index (χ3n) is 3.28. The standard InChI is InChI=1S/C18H15N3O2/c1-12-19-16(13-6-3-2-4-7-13)11-17(20-12)21-15-9-5-8-14(10-15)18(22)23/h2-11H,1H3,(H,22,23)(H,19,20,21)/p-1. The van der Waals surface area contributed by atoms with Gasteiger partial charge in [0.05, 0.1) is 11.7 Å². The Morgan fingerprint density at radius 3 is 2.52 bits per heavy atom. The lowest BCUT2D eigenvalue weighted by Crippen LogP contribution is -2.22. The Morgan fingerprint density at radius 1 is 1.00 bits per heavy atom. The van der Waals surface area contributed by atoms with Crippen molar-refractivity contribution in [2.45, 2.75) is 6.92 Å². The first-order valence-corrected chi connectivity index (χ1v) is 7.11. The second kappa shape index (κ2) is 6.27. The summed E-state index contributed by atoms with van der Waals surface area (Å²) >= 11 is 0. The molecule has 1 aromatic heterocycles. The highest BCUT2D eigenvalue weighted by molar-refractivity contribution is 5.87. The van der Waals surface area contributed by atoms with Gasteiger partial charge in [-0.15, -0.1) is 0 Å². The maximum atomic E-state index is 10.9. The summed E-state index contributed by atoms with van der Waals surface area (Å²) in [6.07, 6.45) is 0. The van der Waals surface area contributed by atoms with E-state index >= 15 is 0 Å².